The molecule has 0 aromatic heterocycles. The van der Waals surface area contributed by atoms with Crippen LogP contribution in [0.4, 0.5) is 0 Å². The maximum atomic E-state index is 11.8. The highest BCUT2D eigenvalue weighted by atomic mass is 16.5. The van der Waals surface area contributed by atoms with Crippen LogP contribution in [-0.4, -0.2) is 24.3 Å². The summed E-state index contributed by atoms with van der Waals surface area (Å²) >= 11 is 0. The van der Waals surface area contributed by atoms with Crippen LogP contribution >= 0.6 is 0 Å². The van der Waals surface area contributed by atoms with Gasteiger partial charge in [-0.05, 0) is 25.2 Å². The third-order valence-electron chi connectivity index (χ3n) is 8.02. The van der Waals surface area contributed by atoms with Crippen LogP contribution in [0.25, 0.3) is 0 Å². The molecule has 0 radical (unpaired) electrons. The summed E-state index contributed by atoms with van der Waals surface area (Å²) in [6.07, 6.45) is 36.1. The van der Waals surface area contributed by atoms with Gasteiger partial charge in [-0.25, -0.2) is 0 Å². The van der Waals surface area contributed by atoms with Gasteiger partial charge >= 0.3 is 5.97 Å². The molecule has 0 amide bonds. The zero-order chi connectivity index (χ0) is 29.1. The second-order valence-electron chi connectivity index (χ2n) is 12.0. The fraction of sp³-hybridized carbons (Fsp3) is 0.972. The molecule has 0 aromatic rings. The lowest BCUT2D eigenvalue weighted by atomic mass is 10.0. The normalized spacial score (nSPS) is 11.7. The number of rotatable bonds is 30. The zero-order valence-corrected chi connectivity index (χ0v) is 27.6. The standard InChI is InChI=1S/C24H48O2.C12H26O/c1-4-7-9-10-11-12-13-14-15-16-17-18-19-21-24(25)26-22-23(6-3)20-8-5-2;1-2-3-4-5-6-7-8-9-10-11-12-13/h23H,4-22H2,1-3H3;13H,2-12H2,1H3. The first-order valence-corrected chi connectivity index (χ1v) is 17.9. The predicted molar refractivity (Wildman–Crippen MR) is 174 cm³/mol. The summed E-state index contributed by atoms with van der Waals surface area (Å²) < 4.78 is 5.46. The van der Waals surface area contributed by atoms with E-state index in [1.165, 1.54) is 154 Å². The number of carbonyl (C=O) groups is 1. The smallest absolute Gasteiger partial charge is 0.305 e. The number of hydrogen-bond donors (Lipinski definition) is 1. The summed E-state index contributed by atoms with van der Waals surface area (Å²) in [7, 11) is 0. The van der Waals surface area contributed by atoms with E-state index < -0.39 is 0 Å². The summed E-state index contributed by atoms with van der Waals surface area (Å²) in [6.45, 7) is 9.95. The van der Waals surface area contributed by atoms with Gasteiger partial charge in [0, 0.05) is 13.0 Å². The molecule has 0 aromatic carbocycles. The first kappa shape index (κ1) is 40.6. The summed E-state index contributed by atoms with van der Waals surface area (Å²) in [5.74, 6) is 0.577. The second kappa shape index (κ2) is 37.4. The van der Waals surface area contributed by atoms with Crippen molar-refractivity contribution in [1.82, 2.24) is 0 Å². The Morgan fingerprint density at radius 2 is 0.872 bits per heavy atom. The molecule has 1 N–H and O–H groups in total. The number of hydrogen-bond acceptors (Lipinski definition) is 3. The van der Waals surface area contributed by atoms with E-state index in [-0.39, 0.29) is 5.97 Å². The van der Waals surface area contributed by atoms with Crippen molar-refractivity contribution >= 4 is 5.97 Å². The molecule has 1 atom stereocenters. The average molecular weight is 555 g/mol. The van der Waals surface area contributed by atoms with Gasteiger partial charge in [-0.15, -0.1) is 0 Å². The zero-order valence-electron chi connectivity index (χ0n) is 27.6. The van der Waals surface area contributed by atoms with Crippen LogP contribution in [0.15, 0.2) is 0 Å². The van der Waals surface area contributed by atoms with E-state index in [0.717, 1.165) is 19.3 Å². The van der Waals surface area contributed by atoms with E-state index in [9.17, 15) is 4.79 Å². The van der Waals surface area contributed by atoms with Crippen LogP contribution in [0.2, 0.25) is 0 Å². The molecule has 0 spiro atoms. The molecule has 0 rings (SSSR count). The number of ether oxygens (including phenoxy) is 1. The van der Waals surface area contributed by atoms with Crippen molar-refractivity contribution in [3.8, 4) is 0 Å². The average Bonchev–Trinajstić information content (AvgIpc) is 2.95. The Kier molecular flexibility index (Phi) is 38.9. The van der Waals surface area contributed by atoms with Crippen molar-refractivity contribution in [3.63, 3.8) is 0 Å². The molecule has 39 heavy (non-hydrogen) atoms. The van der Waals surface area contributed by atoms with Crippen molar-refractivity contribution in [2.45, 2.75) is 207 Å². The Morgan fingerprint density at radius 1 is 0.513 bits per heavy atom. The fourth-order valence-corrected chi connectivity index (χ4v) is 5.07. The van der Waals surface area contributed by atoms with Crippen LogP contribution in [0.3, 0.4) is 0 Å². The minimum Gasteiger partial charge on any atom is -0.465 e. The Hall–Kier alpha value is -0.570. The Bertz CT molecular complexity index is 427. The molecule has 0 saturated carbocycles. The molecule has 3 heteroatoms. The van der Waals surface area contributed by atoms with E-state index in [1.807, 2.05) is 0 Å². The summed E-state index contributed by atoms with van der Waals surface area (Å²) in [5.41, 5.74) is 0. The molecule has 1 unspecified atom stereocenters. The lowest BCUT2D eigenvalue weighted by Crippen LogP contribution is -2.13. The fourth-order valence-electron chi connectivity index (χ4n) is 5.07. The molecule has 0 bridgehead atoms. The monoisotopic (exact) mass is 555 g/mol. The molecule has 3 nitrogen and oxygen atoms in total. The maximum absolute atomic E-state index is 11.8. The van der Waals surface area contributed by atoms with Gasteiger partial charge in [0.2, 0.25) is 0 Å². The molecule has 0 fully saturated rings. The quantitative estimate of drug-likeness (QED) is 0.0709. The van der Waals surface area contributed by atoms with Gasteiger partial charge in [0.1, 0.15) is 0 Å². The molecule has 236 valence electrons. The maximum Gasteiger partial charge on any atom is 0.305 e. The van der Waals surface area contributed by atoms with Crippen molar-refractivity contribution in [2.75, 3.05) is 13.2 Å². The summed E-state index contributed by atoms with van der Waals surface area (Å²) in [5, 5.41) is 8.57. The van der Waals surface area contributed by atoms with Crippen LogP contribution in [0.1, 0.15) is 207 Å². The van der Waals surface area contributed by atoms with Gasteiger partial charge in [0.25, 0.3) is 0 Å². The SMILES string of the molecule is CCCCCCCCCCCCCCCC(=O)OCC(CC)CCCC.CCCCCCCCCCCCO. The first-order valence-electron chi connectivity index (χ1n) is 17.9. The lowest BCUT2D eigenvalue weighted by molar-refractivity contribution is -0.145. The highest BCUT2D eigenvalue weighted by molar-refractivity contribution is 5.69. The summed E-state index contributed by atoms with van der Waals surface area (Å²) in [6, 6.07) is 0. The van der Waals surface area contributed by atoms with Gasteiger partial charge in [0.05, 0.1) is 6.61 Å². The van der Waals surface area contributed by atoms with Crippen molar-refractivity contribution in [1.29, 1.82) is 0 Å². The molecule has 0 heterocycles. The van der Waals surface area contributed by atoms with E-state index in [2.05, 4.69) is 27.7 Å². The van der Waals surface area contributed by atoms with E-state index >= 15 is 0 Å². The highest BCUT2D eigenvalue weighted by Gasteiger charge is 2.09. The Morgan fingerprint density at radius 3 is 1.23 bits per heavy atom. The third-order valence-corrected chi connectivity index (χ3v) is 8.02. The third kappa shape index (κ3) is 37.4. The van der Waals surface area contributed by atoms with Gasteiger partial charge in [0.15, 0.2) is 0 Å². The predicted octanol–water partition coefficient (Wildman–Crippen LogP) is 12.1. The second-order valence-corrected chi connectivity index (χ2v) is 12.0. The summed E-state index contributed by atoms with van der Waals surface area (Å²) in [4.78, 5) is 11.8. The van der Waals surface area contributed by atoms with Gasteiger partial charge in [-0.1, -0.05) is 182 Å². The minimum atomic E-state index is 0.0167. The van der Waals surface area contributed by atoms with Gasteiger partial charge in [-0.2, -0.15) is 0 Å². The molecule has 0 aliphatic heterocycles. The first-order chi connectivity index (χ1) is 19.2. The Labute approximate surface area is 247 Å². The van der Waals surface area contributed by atoms with Crippen LogP contribution < -0.4 is 0 Å². The van der Waals surface area contributed by atoms with Crippen LogP contribution in [-0.2, 0) is 9.53 Å². The van der Waals surface area contributed by atoms with Crippen molar-refractivity contribution < 1.29 is 14.6 Å². The minimum absolute atomic E-state index is 0.0167. The van der Waals surface area contributed by atoms with Gasteiger partial charge < -0.3 is 9.84 Å². The van der Waals surface area contributed by atoms with Crippen LogP contribution in [0.5, 0.6) is 0 Å². The van der Waals surface area contributed by atoms with Crippen molar-refractivity contribution in [2.24, 2.45) is 5.92 Å². The van der Waals surface area contributed by atoms with Crippen LogP contribution in [0, 0.1) is 5.92 Å². The Balaban J connectivity index is 0. The largest absolute Gasteiger partial charge is 0.465 e. The highest BCUT2D eigenvalue weighted by Crippen LogP contribution is 2.15. The number of esters is 1. The molecule has 0 aliphatic rings. The van der Waals surface area contributed by atoms with Gasteiger partial charge in [-0.3, -0.25) is 4.79 Å². The number of carbonyl (C=O) groups excluding carboxylic acids is 1. The molecule has 0 aliphatic carbocycles. The lowest BCUT2D eigenvalue weighted by Gasteiger charge is -2.14. The number of aliphatic hydroxyl groups excluding tert-OH is 1. The molecular weight excluding hydrogens is 480 g/mol. The molecular formula is C36H74O3. The topological polar surface area (TPSA) is 46.5 Å². The number of unbranched alkanes of at least 4 members (excludes halogenated alkanes) is 22. The van der Waals surface area contributed by atoms with E-state index in [0.29, 0.717) is 25.6 Å². The van der Waals surface area contributed by atoms with E-state index in [1.54, 1.807) is 0 Å². The van der Waals surface area contributed by atoms with Crippen molar-refractivity contribution in [3.05, 3.63) is 0 Å². The molecule has 0 saturated heterocycles. The van der Waals surface area contributed by atoms with E-state index in [4.69, 9.17) is 9.84 Å². The number of aliphatic hydroxyl groups is 1.